The average Bonchev–Trinajstić information content (AvgIpc) is 3.00. The molecule has 3 rings (SSSR count). The minimum absolute atomic E-state index is 0.200. The zero-order valence-corrected chi connectivity index (χ0v) is 13.1. The molecule has 0 amide bonds. The van der Waals surface area contributed by atoms with E-state index in [1.165, 1.54) is 16.2 Å². The van der Waals surface area contributed by atoms with Crippen molar-refractivity contribution >= 4 is 11.2 Å². The van der Waals surface area contributed by atoms with E-state index in [0.29, 0.717) is 23.4 Å². The number of ether oxygens (including phenoxy) is 1. The van der Waals surface area contributed by atoms with Gasteiger partial charge in [0.15, 0.2) is 11.2 Å². The molecule has 0 N–H and O–H groups in total. The zero-order chi connectivity index (χ0) is 16.4. The number of rotatable bonds is 5. The van der Waals surface area contributed by atoms with Gasteiger partial charge in [0, 0.05) is 13.7 Å². The molecule has 120 valence electrons. The summed E-state index contributed by atoms with van der Waals surface area (Å²) in [5.41, 5.74) is 0.726. The molecule has 0 saturated carbocycles. The average molecular weight is 314 g/mol. The van der Waals surface area contributed by atoms with Crippen LogP contribution in [0, 0.1) is 0 Å². The summed E-state index contributed by atoms with van der Waals surface area (Å²) >= 11 is 0. The molecule has 0 aliphatic heterocycles. The van der Waals surface area contributed by atoms with E-state index in [2.05, 4.69) is 4.98 Å². The van der Waals surface area contributed by atoms with Gasteiger partial charge in [-0.25, -0.2) is 14.3 Å². The van der Waals surface area contributed by atoms with Gasteiger partial charge in [0.05, 0.1) is 25.2 Å². The van der Waals surface area contributed by atoms with Gasteiger partial charge in [-0.05, 0) is 19.1 Å². The van der Waals surface area contributed by atoms with E-state index in [0.717, 1.165) is 0 Å². The number of benzene rings is 1. The lowest BCUT2D eigenvalue weighted by molar-refractivity contribution is 0.184. The van der Waals surface area contributed by atoms with Crippen molar-refractivity contribution < 1.29 is 4.74 Å². The van der Waals surface area contributed by atoms with Crippen molar-refractivity contribution in [2.75, 3.05) is 13.7 Å². The predicted octanol–water partition coefficient (Wildman–Crippen LogP) is 1.02. The molecule has 0 fully saturated rings. The minimum Gasteiger partial charge on any atom is -0.383 e. The van der Waals surface area contributed by atoms with E-state index in [1.807, 2.05) is 37.3 Å². The Kier molecular flexibility index (Phi) is 4.12. The maximum absolute atomic E-state index is 12.8. The normalized spacial score (nSPS) is 11.2. The van der Waals surface area contributed by atoms with Gasteiger partial charge in [0.25, 0.3) is 5.56 Å². The lowest BCUT2D eigenvalue weighted by Gasteiger charge is -2.12. The van der Waals surface area contributed by atoms with E-state index in [9.17, 15) is 9.59 Å². The molecule has 0 unspecified atom stereocenters. The number of hydrogen-bond acceptors (Lipinski definition) is 4. The van der Waals surface area contributed by atoms with Crippen LogP contribution in [0.15, 0.2) is 46.2 Å². The second kappa shape index (κ2) is 6.21. The molecule has 0 bridgehead atoms. The molecule has 7 nitrogen and oxygen atoms in total. The highest BCUT2D eigenvalue weighted by Crippen LogP contribution is 2.12. The molecule has 7 heteroatoms. The highest BCUT2D eigenvalue weighted by molar-refractivity contribution is 5.72. The fourth-order valence-electron chi connectivity index (χ4n) is 2.61. The van der Waals surface area contributed by atoms with Crippen LogP contribution in [0.5, 0.6) is 0 Å². The van der Waals surface area contributed by atoms with Crippen LogP contribution in [0.4, 0.5) is 0 Å². The van der Waals surface area contributed by atoms with Crippen LogP contribution < -0.4 is 11.2 Å². The Morgan fingerprint density at radius 3 is 2.57 bits per heavy atom. The lowest BCUT2D eigenvalue weighted by atomic mass is 10.3. The Morgan fingerprint density at radius 1 is 1.17 bits per heavy atom. The summed E-state index contributed by atoms with van der Waals surface area (Å²) in [4.78, 5) is 29.8. The molecule has 0 radical (unpaired) electrons. The number of hydrogen-bond donors (Lipinski definition) is 0. The second-order valence-electron chi connectivity index (χ2n) is 5.11. The van der Waals surface area contributed by atoms with Crippen molar-refractivity contribution in [2.24, 2.45) is 0 Å². The number of methoxy groups -OCH3 is 1. The Morgan fingerprint density at radius 2 is 1.91 bits per heavy atom. The maximum atomic E-state index is 12.8. The quantitative estimate of drug-likeness (QED) is 0.705. The fraction of sp³-hybridized carbons (Fsp3) is 0.312. The van der Waals surface area contributed by atoms with E-state index in [1.54, 1.807) is 10.9 Å². The van der Waals surface area contributed by atoms with Crippen LogP contribution in [0.25, 0.3) is 16.9 Å². The number of aryl methyl sites for hydroxylation is 1. The number of aromatic nitrogens is 4. The van der Waals surface area contributed by atoms with E-state index in [4.69, 9.17) is 4.74 Å². The van der Waals surface area contributed by atoms with Crippen molar-refractivity contribution in [2.45, 2.75) is 20.0 Å². The largest absolute Gasteiger partial charge is 0.383 e. The third kappa shape index (κ3) is 2.49. The van der Waals surface area contributed by atoms with Gasteiger partial charge in [-0.15, -0.1) is 0 Å². The SMILES string of the molecule is CCn1cnc2c1c(=O)n(CCOC)c(=O)n2-c1ccccc1. The van der Waals surface area contributed by atoms with Crippen molar-refractivity contribution in [3.05, 3.63) is 57.5 Å². The standard InChI is InChI=1S/C16H18N4O3/c1-3-18-11-17-14-13(18)15(21)19(9-10-23-2)16(22)20(14)12-7-5-4-6-8-12/h4-8,11H,3,9-10H2,1-2H3. The summed E-state index contributed by atoms with van der Waals surface area (Å²) in [6, 6.07) is 9.19. The van der Waals surface area contributed by atoms with E-state index < -0.39 is 5.69 Å². The van der Waals surface area contributed by atoms with Gasteiger partial charge < -0.3 is 9.30 Å². The van der Waals surface area contributed by atoms with Gasteiger partial charge >= 0.3 is 5.69 Å². The first-order valence-electron chi connectivity index (χ1n) is 7.44. The highest BCUT2D eigenvalue weighted by Gasteiger charge is 2.18. The van der Waals surface area contributed by atoms with Crippen molar-refractivity contribution in [3.63, 3.8) is 0 Å². The summed E-state index contributed by atoms with van der Waals surface area (Å²) in [6.07, 6.45) is 1.59. The van der Waals surface area contributed by atoms with Crippen molar-refractivity contribution in [1.82, 2.24) is 18.7 Å². The topological polar surface area (TPSA) is 71.1 Å². The molecule has 2 aromatic heterocycles. The molecular weight excluding hydrogens is 296 g/mol. The zero-order valence-electron chi connectivity index (χ0n) is 13.1. The number of imidazole rings is 1. The third-order valence-electron chi connectivity index (χ3n) is 3.77. The van der Waals surface area contributed by atoms with E-state index >= 15 is 0 Å². The van der Waals surface area contributed by atoms with Crippen molar-refractivity contribution in [3.8, 4) is 5.69 Å². The monoisotopic (exact) mass is 314 g/mol. The Bertz CT molecular complexity index is 938. The molecule has 3 aromatic rings. The van der Waals surface area contributed by atoms with Crippen LogP contribution in [0.1, 0.15) is 6.92 Å². The minimum atomic E-state index is -0.410. The number of para-hydroxylation sites is 1. The summed E-state index contributed by atoms with van der Waals surface area (Å²) in [5, 5.41) is 0. The molecule has 0 spiro atoms. The Hall–Kier alpha value is -2.67. The summed E-state index contributed by atoms with van der Waals surface area (Å²) in [5.74, 6) is 0. The number of fused-ring (bicyclic) bond motifs is 1. The second-order valence-corrected chi connectivity index (χ2v) is 5.11. The Balaban J connectivity index is 2.41. The summed E-state index contributed by atoms with van der Waals surface area (Å²) in [7, 11) is 1.54. The molecule has 1 aromatic carbocycles. The third-order valence-corrected chi connectivity index (χ3v) is 3.77. The van der Waals surface area contributed by atoms with Gasteiger partial charge in [-0.2, -0.15) is 0 Å². The molecular formula is C16H18N4O3. The lowest BCUT2D eigenvalue weighted by Crippen LogP contribution is -2.41. The van der Waals surface area contributed by atoms with Gasteiger partial charge in [0.1, 0.15) is 0 Å². The Labute approximate surface area is 132 Å². The molecule has 0 atom stereocenters. The van der Waals surface area contributed by atoms with Crippen LogP contribution in [-0.4, -0.2) is 32.4 Å². The van der Waals surface area contributed by atoms with Gasteiger partial charge in [-0.1, -0.05) is 18.2 Å². The summed E-state index contributed by atoms with van der Waals surface area (Å²) < 4.78 is 9.44. The maximum Gasteiger partial charge on any atom is 0.337 e. The smallest absolute Gasteiger partial charge is 0.337 e. The number of nitrogens with zero attached hydrogens (tertiary/aromatic N) is 4. The van der Waals surface area contributed by atoms with Crippen LogP contribution in [-0.2, 0) is 17.8 Å². The first kappa shape index (κ1) is 15.2. The molecule has 23 heavy (non-hydrogen) atoms. The molecule has 0 aliphatic carbocycles. The van der Waals surface area contributed by atoms with Crippen molar-refractivity contribution in [1.29, 1.82) is 0 Å². The first-order valence-corrected chi connectivity index (χ1v) is 7.44. The van der Waals surface area contributed by atoms with Gasteiger partial charge in [-0.3, -0.25) is 9.36 Å². The molecule has 2 heterocycles. The first-order chi connectivity index (χ1) is 11.2. The molecule has 0 saturated heterocycles. The summed E-state index contributed by atoms with van der Waals surface area (Å²) in [6.45, 7) is 3.02. The van der Waals surface area contributed by atoms with E-state index in [-0.39, 0.29) is 18.7 Å². The highest BCUT2D eigenvalue weighted by atomic mass is 16.5. The van der Waals surface area contributed by atoms with Crippen LogP contribution in [0.3, 0.4) is 0 Å². The fourth-order valence-corrected chi connectivity index (χ4v) is 2.61. The van der Waals surface area contributed by atoms with Crippen LogP contribution in [0.2, 0.25) is 0 Å². The molecule has 0 aliphatic rings. The van der Waals surface area contributed by atoms with Crippen LogP contribution >= 0.6 is 0 Å². The predicted molar refractivity (Wildman–Crippen MR) is 87.1 cm³/mol. The van der Waals surface area contributed by atoms with Gasteiger partial charge in [0.2, 0.25) is 0 Å².